The van der Waals surface area contributed by atoms with Gasteiger partial charge in [0, 0.05) is 5.56 Å². The van der Waals surface area contributed by atoms with Crippen molar-refractivity contribution in [1.29, 1.82) is 5.26 Å². The summed E-state index contributed by atoms with van der Waals surface area (Å²) in [5, 5.41) is 11.4. The van der Waals surface area contributed by atoms with Gasteiger partial charge in [-0.3, -0.25) is 9.59 Å². The van der Waals surface area contributed by atoms with E-state index in [1.54, 1.807) is 5.32 Å². The smallest absolute Gasteiger partial charge is 0.345 e. The van der Waals surface area contributed by atoms with Crippen molar-refractivity contribution in [3.8, 4) is 6.07 Å². The molecule has 0 saturated heterocycles. The monoisotopic (exact) mass is 637 g/mol. The van der Waals surface area contributed by atoms with E-state index >= 15 is 0 Å². The Bertz CT molecular complexity index is 1400. The molecule has 0 aliphatic heterocycles. The van der Waals surface area contributed by atoms with E-state index in [0.29, 0.717) is 24.3 Å². The van der Waals surface area contributed by atoms with Gasteiger partial charge in [-0.2, -0.15) is 44.8 Å². The third-order valence-corrected chi connectivity index (χ3v) is 6.05. The highest BCUT2D eigenvalue weighted by Crippen LogP contribution is 2.42. The van der Waals surface area contributed by atoms with Gasteiger partial charge >= 0.3 is 18.5 Å². The fourth-order valence-electron chi connectivity index (χ4n) is 3.30. The lowest BCUT2D eigenvalue weighted by Gasteiger charge is -2.19. The maximum Gasteiger partial charge on any atom is 0.417 e. The number of allylic oxidation sites excluding steroid dienone is 1. The van der Waals surface area contributed by atoms with Crippen LogP contribution in [0.5, 0.6) is 0 Å². The summed E-state index contributed by atoms with van der Waals surface area (Å²) in [6.45, 7) is -0.898. The Balaban J connectivity index is 2.48. The average molecular weight is 638 g/mol. The Morgan fingerprint density at radius 3 is 2.15 bits per heavy atom. The summed E-state index contributed by atoms with van der Waals surface area (Å²) in [7, 11) is 0. The molecule has 222 valence electrons. The van der Waals surface area contributed by atoms with Crippen LogP contribution in [0.2, 0.25) is 10.0 Å². The molecule has 0 saturated carbocycles. The third kappa shape index (κ3) is 8.99. The molecule has 41 heavy (non-hydrogen) atoms. The quantitative estimate of drug-likeness (QED) is 0.312. The lowest BCUT2D eigenvalue weighted by atomic mass is 9.94. The molecule has 2 aromatic carbocycles. The number of hydrogen-bond donors (Lipinski definition) is 2. The largest absolute Gasteiger partial charge is 0.417 e. The highest BCUT2D eigenvalue weighted by Gasteiger charge is 2.41. The minimum atomic E-state index is -5.36. The molecule has 17 heteroatoms. The van der Waals surface area contributed by atoms with Crippen LogP contribution in [0.25, 0.3) is 5.83 Å². The zero-order valence-corrected chi connectivity index (χ0v) is 21.6. The summed E-state index contributed by atoms with van der Waals surface area (Å²) in [5.41, 5.74) is -5.26. The molecule has 2 atom stereocenters. The molecule has 0 spiro atoms. The number of halogens is 12. The van der Waals surface area contributed by atoms with Crippen molar-refractivity contribution in [3.05, 3.63) is 74.3 Å². The SMILES string of the molecule is CC(NC(=O)c1ccc(/C(F)=C/C(c2cc(Cl)c(Cl)c(C#N)c2)C(F)(F)F)cc1C(F)(F)F)C(=O)NCC(F)(F)F. The van der Waals surface area contributed by atoms with Crippen molar-refractivity contribution in [2.24, 2.45) is 0 Å². The molecule has 2 N–H and O–H groups in total. The number of nitriles is 1. The van der Waals surface area contributed by atoms with Crippen molar-refractivity contribution in [3.63, 3.8) is 0 Å². The molecule has 0 radical (unpaired) electrons. The predicted octanol–water partition coefficient (Wildman–Crippen LogP) is 7.34. The first-order chi connectivity index (χ1) is 18.7. The second-order valence-corrected chi connectivity index (χ2v) is 9.08. The minimum absolute atomic E-state index is 0.0398. The minimum Gasteiger partial charge on any atom is -0.345 e. The van der Waals surface area contributed by atoms with E-state index in [1.807, 2.05) is 0 Å². The summed E-state index contributed by atoms with van der Waals surface area (Å²) in [6, 6.07) is 2.15. The summed E-state index contributed by atoms with van der Waals surface area (Å²) < 4.78 is 134. The van der Waals surface area contributed by atoms with Crippen LogP contribution in [-0.2, 0) is 11.0 Å². The molecule has 5 nitrogen and oxygen atoms in total. The van der Waals surface area contributed by atoms with Crippen molar-refractivity contribution < 1.29 is 53.5 Å². The molecule has 0 aliphatic rings. The highest BCUT2D eigenvalue weighted by atomic mass is 35.5. The Morgan fingerprint density at radius 2 is 1.63 bits per heavy atom. The van der Waals surface area contributed by atoms with Crippen molar-refractivity contribution in [2.75, 3.05) is 6.54 Å². The molecular weight excluding hydrogens is 623 g/mol. The molecule has 0 aromatic heterocycles. The maximum absolute atomic E-state index is 15.0. The number of benzene rings is 2. The number of nitrogens with one attached hydrogen (secondary N) is 2. The average Bonchev–Trinajstić information content (AvgIpc) is 2.85. The second kappa shape index (κ2) is 12.6. The van der Waals surface area contributed by atoms with Gasteiger partial charge in [-0.25, -0.2) is 4.39 Å². The fourth-order valence-corrected chi connectivity index (χ4v) is 3.68. The summed E-state index contributed by atoms with van der Waals surface area (Å²) >= 11 is 11.5. The van der Waals surface area contributed by atoms with Crippen LogP contribution >= 0.6 is 23.2 Å². The first kappa shape index (κ1) is 33.7. The van der Waals surface area contributed by atoms with E-state index in [4.69, 9.17) is 28.5 Å². The summed E-state index contributed by atoms with van der Waals surface area (Å²) in [6.07, 6.45) is -15.4. The van der Waals surface area contributed by atoms with Crippen molar-refractivity contribution in [1.82, 2.24) is 10.6 Å². The van der Waals surface area contributed by atoms with E-state index in [9.17, 15) is 53.5 Å². The zero-order chi connectivity index (χ0) is 31.5. The summed E-state index contributed by atoms with van der Waals surface area (Å²) in [4.78, 5) is 24.1. The third-order valence-electron chi connectivity index (χ3n) is 5.25. The molecule has 2 rings (SSSR count). The molecular formula is C24H15Cl2F10N3O2. The van der Waals surface area contributed by atoms with Crippen LogP contribution in [-0.4, -0.2) is 36.8 Å². The van der Waals surface area contributed by atoms with Crippen LogP contribution in [0.1, 0.15) is 45.5 Å². The van der Waals surface area contributed by atoms with Crippen molar-refractivity contribution in [2.45, 2.75) is 37.4 Å². The number of carbonyl (C=O) groups is 2. The van der Waals surface area contributed by atoms with E-state index in [2.05, 4.69) is 0 Å². The zero-order valence-electron chi connectivity index (χ0n) is 20.1. The lowest BCUT2D eigenvalue weighted by molar-refractivity contribution is -0.140. The van der Waals surface area contributed by atoms with Gasteiger partial charge in [-0.15, -0.1) is 0 Å². The maximum atomic E-state index is 15.0. The molecule has 0 bridgehead atoms. The van der Waals surface area contributed by atoms with Gasteiger partial charge in [0.2, 0.25) is 5.91 Å². The van der Waals surface area contributed by atoms with Crippen molar-refractivity contribution >= 4 is 40.8 Å². The Morgan fingerprint density at radius 1 is 1.02 bits per heavy atom. The van der Waals surface area contributed by atoms with Gasteiger partial charge in [0.15, 0.2) is 0 Å². The van der Waals surface area contributed by atoms with Crippen LogP contribution in [0.15, 0.2) is 36.4 Å². The standard InChI is InChI=1S/C24H15Cl2F10N3O2/c1-10(20(40)38-9-22(28,29)30)39-21(41)14-3-2-11(5-16(14)24(34,35)36)18(27)7-15(23(31,32)33)12-4-13(8-37)19(26)17(25)6-12/h2-7,10,15H,9H2,1H3,(H,38,40)(H,39,41)/b18-7-. The van der Waals surface area contributed by atoms with E-state index in [0.717, 1.165) is 6.92 Å². The molecule has 0 fully saturated rings. The first-order valence-corrected chi connectivity index (χ1v) is 11.6. The highest BCUT2D eigenvalue weighted by molar-refractivity contribution is 6.42. The Hall–Kier alpha value is -3.51. The van der Waals surface area contributed by atoms with Crippen LogP contribution in [0, 0.1) is 11.3 Å². The van der Waals surface area contributed by atoms with Crippen LogP contribution in [0.4, 0.5) is 43.9 Å². The number of hydrogen-bond acceptors (Lipinski definition) is 3. The number of amides is 2. The molecule has 0 aliphatic carbocycles. The number of rotatable bonds is 7. The van der Waals surface area contributed by atoms with Gasteiger partial charge in [0.25, 0.3) is 5.91 Å². The van der Waals surface area contributed by atoms with Gasteiger partial charge in [-0.05, 0) is 42.8 Å². The van der Waals surface area contributed by atoms with Gasteiger partial charge in [-0.1, -0.05) is 29.3 Å². The number of alkyl halides is 9. The predicted molar refractivity (Wildman–Crippen MR) is 126 cm³/mol. The fraction of sp³-hybridized carbons (Fsp3) is 0.292. The van der Waals surface area contributed by atoms with E-state index in [-0.39, 0.29) is 17.2 Å². The van der Waals surface area contributed by atoms with Gasteiger partial charge in [0.1, 0.15) is 30.4 Å². The Kier molecular flexibility index (Phi) is 10.3. The van der Waals surface area contributed by atoms with E-state index in [1.165, 1.54) is 11.4 Å². The number of carbonyl (C=O) groups excluding carboxylic acids is 2. The molecule has 0 heterocycles. The Labute approximate surface area is 234 Å². The summed E-state index contributed by atoms with van der Waals surface area (Å²) in [5.74, 6) is -7.56. The molecule has 2 amide bonds. The topological polar surface area (TPSA) is 82.0 Å². The number of nitrogens with zero attached hydrogens (tertiary/aromatic N) is 1. The van der Waals surface area contributed by atoms with E-state index < -0.39 is 87.5 Å². The van der Waals surface area contributed by atoms with Gasteiger partial charge < -0.3 is 10.6 Å². The molecule has 2 aromatic rings. The van der Waals surface area contributed by atoms with Crippen LogP contribution in [0.3, 0.4) is 0 Å². The lowest BCUT2D eigenvalue weighted by Crippen LogP contribution is -2.47. The van der Waals surface area contributed by atoms with Crippen LogP contribution < -0.4 is 10.6 Å². The second-order valence-electron chi connectivity index (χ2n) is 8.30. The normalized spacial score (nSPS) is 14.2. The molecule has 2 unspecified atom stereocenters. The van der Waals surface area contributed by atoms with Gasteiger partial charge in [0.05, 0.1) is 26.7 Å². The first-order valence-electron chi connectivity index (χ1n) is 10.9.